The van der Waals surface area contributed by atoms with Gasteiger partial charge in [-0.2, -0.15) is 0 Å². The lowest BCUT2D eigenvalue weighted by Gasteiger charge is -2.05. The molecule has 0 bridgehead atoms. The van der Waals surface area contributed by atoms with Gasteiger partial charge in [0, 0.05) is 17.2 Å². The molecule has 0 unspecified atom stereocenters. The van der Waals surface area contributed by atoms with Gasteiger partial charge in [-0.3, -0.25) is 4.79 Å². The van der Waals surface area contributed by atoms with E-state index < -0.39 is 48.8 Å². The second-order valence-corrected chi connectivity index (χ2v) is 5.16. The third-order valence-corrected chi connectivity index (χ3v) is 3.35. The van der Waals surface area contributed by atoms with Crippen molar-refractivity contribution in [3.63, 3.8) is 0 Å². The quantitative estimate of drug-likeness (QED) is 0.430. The van der Waals surface area contributed by atoms with Gasteiger partial charge >= 0.3 is 0 Å². The molecule has 0 saturated carbocycles. The minimum Gasteiger partial charge on any atom is -0.508 e. The van der Waals surface area contributed by atoms with Gasteiger partial charge in [0.2, 0.25) is 0 Å². The van der Waals surface area contributed by atoms with Gasteiger partial charge in [0.15, 0.2) is 28.9 Å². The van der Waals surface area contributed by atoms with Gasteiger partial charge in [0.1, 0.15) is 5.76 Å². The average molecular weight is 378 g/mol. The number of carbonyl (C=O) groups excluding carboxylic acids is 1. The van der Waals surface area contributed by atoms with E-state index in [4.69, 9.17) is 8.22 Å². The van der Waals surface area contributed by atoms with Gasteiger partial charge in [0.05, 0.1) is 22.3 Å². The Kier molecular flexibility index (Phi) is 4.45. The molecule has 140 valence electrons. The van der Waals surface area contributed by atoms with Crippen LogP contribution in [-0.2, 0) is 4.79 Å². The number of carbonyl (C=O) groups is 1. The Hall–Kier alpha value is -3.41. The summed E-state index contributed by atoms with van der Waals surface area (Å²) >= 11 is 0. The van der Waals surface area contributed by atoms with Gasteiger partial charge in [0.25, 0.3) is 0 Å². The maximum atomic E-state index is 13.9. The Bertz CT molecular complexity index is 1100. The average Bonchev–Trinajstić information content (AvgIpc) is 2.67. The zero-order valence-corrected chi connectivity index (χ0v) is 13.8. The van der Waals surface area contributed by atoms with Gasteiger partial charge in [-0.05, 0) is 36.4 Å². The topological polar surface area (TPSA) is 55.8 Å². The lowest BCUT2D eigenvalue weighted by Crippen LogP contribution is -1.93. The van der Waals surface area contributed by atoms with Crippen LogP contribution < -0.4 is 9.47 Å². The Morgan fingerprint density at radius 3 is 2.00 bits per heavy atom. The lowest BCUT2D eigenvalue weighted by molar-refractivity contribution is -0.110. The molecule has 6 heteroatoms. The van der Waals surface area contributed by atoms with Crippen LogP contribution in [-0.4, -0.2) is 25.0 Å². The highest BCUT2D eigenvalue weighted by atomic mass is 19.1. The van der Waals surface area contributed by atoms with Crippen molar-refractivity contribution in [3.05, 3.63) is 83.1 Å². The van der Waals surface area contributed by atoms with Crippen molar-refractivity contribution in [1.29, 1.82) is 0 Å². The molecule has 0 saturated heterocycles. The molecule has 0 fully saturated rings. The van der Waals surface area contributed by atoms with E-state index in [0.717, 1.165) is 42.5 Å². The van der Waals surface area contributed by atoms with Crippen LogP contribution in [0.25, 0.3) is 12.2 Å². The number of ketones is 1. The summed E-state index contributed by atoms with van der Waals surface area (Å²) in [5.41, 5.74) is -0.0191. The standard InChI is InChI=1S/C21H18F2O4/c1-26-20-14(5-3-7-18(20)22)9-11-16(24)13-17(25)12-10-15-6-4-8-19(23)21(15)27-2/h3-13,24H,1-2H3/b11-9+,12-10+,16-13-/i1D3,2D3. The predicted octanol–water partition coefficient (Wildman–Crippen LogP) is 4.72. The van der Waals surface area contributed by atoms with E-state index in [-0.39, 0.29) is 11.1 Å². The van der Waals surface area contributed by atoms with E-state index in [1.165, 1.54) is 24.3 Å². The van der Waals surface area contributed by atoms with Crippen LogP contribution in [0.15, 0.2) is 60.4 Å². The van der Waals surface area contributed by atoms with Crippen LogP contribution in [0.4, 0.5) is 8.78 Å². The van der Waals surface area contributed by atoms with Crippen LogP contribution >= 0.6 is 0 Å². The molecule has 0 radical (unpaired) electrons. The van der Waals surface area contributed by atoms with E-state index in [2.05, 4.69) is 9.47 Å². The number of rotatable bonds is 7. The highest BCUT2D eigenvalue weighted by Crippen LogP contribution is 2.24. The zero-order valence-electron chi connectivity index (χ0n) is 19.8. The van der Waals surface area contributed by atoms with Gasteiger partial charge in [-0.25, -0.2) is 8.78 Å². The first-order valence-electron chi connectivity index (χ1n) is 10.5. The number of halogens is 2. The minimum atomic E-state index is -2.91. The maximum absolute atomic E-state index is 13.9. The smallest absolute Gasteiger partial charge is 0.182 e. The molecule has 0 aliphatic heterocycles. The third kappa shape index (κ3) is 5.28. The van der Waals surface area contributed by atoms with Gasteiger partial charge in [-0.15, -0.1) is 0 Å². The number of allylic oxidation sites excluding steroid dienone is 3. The van der Waals surface area contributed by atoms with Crippen molar-refractivity contribution in [2.45, 2.75) is 0 Å². The van der Waals surface area contributed by atoms with Crippen molar-refractivity contribution in [2.75, 3.05) is 14.1 Å². The largest absolute Gasteiger partial charge is 0.508 e. The fraction of sp³-hybridized carbons (Fsp3) is 0.0952. The molecule has 0 aliphatic carbocycles. The van der Waals surface area contributed by atoms with E-state index in [1.54, 1.807) is 0 Å². The summed E-state index contributed by atoms with van der Waals surface area (Å²) in [4.78, 5) is 12.1. The summed E-state index contributed by atoms with van der Waals surface area (Å²) in [6.45, 7) is 0. The number of methoxy groups -OCH3 is 2. The first kappa shape index (κ1) is 12.9. The molecule has 0 spiro atoms. The molecule has 2 aromatic rings. The Morgan fingerprint density at radius 1 is 0.963 bits per heavy atom. The minimum absolute atomic E-state index is 0.000262. The van der Waals surface area contributed by atoms with Gasteiger partial charge < -0.3 is 14.6 Å². The van der Waals surface area contributed by atoms with E-state index in [0.29, 0.717) is 0 Å². The summed E-state index contributed by atoms with van der Waals surface area (Å²) in [6, 6.07) is 7.25. The van der Waals surface area contributed by atoms with Crippen molar-refractivity contribution >= 4 is 17.9 Å². The monoisotopic (exact) mass is 378 g/mol. The van der Waals surface area contributed by atoms with E-state index in [1.807, 2.05) is 0 Å². The molecular formula is C21H18F2O4. The SMILES string of the molecule is [2H]C([2H])([2H])Oc1c(F)cccc1/C=C/C(=O)/C=C(O)/C=C/c1cccc(F)c1OC([2H])([2H])[2H]. The molecule has 2 aromatic carbocycles. The fourth-order valence-electron chi connectivity index (χ4n) is 2.12. The number of aliphatic hydroxyl groups is 1. The van der Waals surface area contributed by atoms with Crippen LogP contribution in [0.1, 0.15) is 19.4 Å². The number of hydrogen-bond acceptors (Lipinski definition) is 4. The van der Waals surface area contributed by atoms with E-state index in [9.17, 15) is 18.7 Å². The van der Waals surface area contributed by atoms with Crippen molar-refractivity contribution < 1.29 is 36.4 Å². The van der Waals surface area contributed by atoms with E-state index >= 15 is 0 Å². The third-order valence-electron chi connectivity index (χ3n) is 3.35. The fourth-order valence-corrected chi connectivity index (χ4v) is 2.12. The Balaban J connectivity index is 2.20. The molecule has 0 aliphatic rings. The Labute approximate surface area is 164 Å². The van der Waals surface area contributed by atoms with Crippen molar-refractivity contribution in [2.24, 2.45) is 0 Å². The normalized spacial score (nSPS) is 16.1. The number of hydrogen-bond donors (Lipinski definition) is 1. The van der Waals surface area contributed by atoms with Crippen LogP contribution in [0.5, 0.6) is 11.5 Å². The number of aliphatic hydroxyl groups excluding tert-OH is 1. The molecule has 0 aromatic heterocycles. The summed E-state index contributed by atoms with van der Waals surface area (Å²) in [5, 5.41) is 9.94. The van der Waals surface area contributed by atoms with Crippen LogP contribution in [0.3, 0.4) is 0 Å². The highest BCUT2D eigenvalue weighted by Gasteiger charge is 2.07. The summed E-state index contributed by atoms with van der Waals surface area (Å²) < 4.78 is 79.7. The highest BCUT2D eigenvalue weighted by molar-refractivity contribution is 6.02. The molecule has 0 heterocycles. The van der Waals surface area contributed by atoms with Crippen molar-refractivity contribution in [3.8, 4) is 11.5 Å². The summed E-state index contributed by atoms with van der Waals surface area (Å²) in [7, 11) is -5.81. The Morgan fingerprint density at radius 2 is 1.48 bits per heavy atom. The molecular weight excluding hydrogens is 354 g/mol. The summed E-state index contributed by atoms with van der Waals surface area (Å²) in [5.74, 6) is -4.30. The van der Waals surface area contributed by atoms with Gasteiger partial charge in [-0.1, -0.05) is 24.3 Å². The molecule has 1 N–H and O–H groups in total. The molecule has 4 nitrogen and oxygen atoms in total. The number of benzene rings is 2. The number of para-hydroxylation sites is 2. The molecule has 0 amide bonds. The molecule has 2 rings (SSSR count). The second kappa shape index (κ2) is 9.33. The zero-order chi connectivity index (χ0) is 24.8. The van der Waals surface area contributed by atoms with Crippen molar-refractivity contribution in [1.82, 2.24) is 0 Å². The molecule has 0 atom stereocenters. The van der Waals surface area contributed by atoms with Crippen LogP contribution in [0.2, 0.25) is 0 Å². The number of ether oxygens (including phenoxy) is 2. The van der Waals surface area contributed by atoms with Crippen LogP contribution in [0, 0.1) is 11.6 Å². The first-order valence-corrected chi connectivity index (χ1v) is 7.51. The first-order chi connectivity index (χ1) is 15.2. The lowest BCUT2D eigenvalue weighted by atomic mass is 10.1. The summed E-state index contributed by atoms with van der Waals surface area (Å²) in [6.07, 6.45) is 4.98. The second-order valence-electron chi connectivity index (χ2n) is 5.16. The molecule has 27 heavy (non-hydrogen) atoms. The maximum Gasteiger partial charge on any atom is 0.182 e. The predicted molar refractivity (Wildman–Crippen MR) is 99.7 cm³/mol.